The predicted molar refractivity (Wildman–Crippen MR) is 109 cm³/mol. The van der Waals surface area contributed by atoms with Gasteiger partial charge in [-0.05, 0) is 41.1 Å². The second-order valence-electron chi connectivity index (χ2n) is 3.66. The minimum Gasteiger partial charge on any atom is -0.197 e. The molecule has 3 heterocycles. The molecule has 22 heavy (non-hydrogen) atoms. The highest BCUT2D eigenvalue weighted by atomic mass is 35.5. The van der Waals surface area contributed by atoms with E-state index in [1.165, 1.54) is 16.9 Å². The van der Waals surface area contributed by atoms with Crippen molar-refractivity contribution >= 4 is 98.7 Å². The van der Waals surface area contributed by atoms with Crippen molar-refractivity contribution < 1.29 is 0 Å². The molecular weight excluding hydrogens is 437 g/mol. The summed E-state index contributed by atoms with van der Waals surface area (Å²) in [5.74, 6) is 0.522. The Labute approximate surface area is 163 Å². The van der Waals surface area contributed by atoms with Gasteiger partial charge in [-0.15, -0.1) is 23.5 Å². The molecule has 0 saturated heterocycles. The van der Waals surface area contributed by atoms with Crippen molar-refractivity contribution in [1.82, 2.24) is 15.0 Å². The van der Waals surface area contributed by atoms with Gasteiger partial charge in [0.1, 0.15) is 0 Å². The van der Waals surface area contributed by atoms with Crippen LogP contribution in [0.25, 0.3) is 4.91 Å². The minimum absolute atomic E-state index is 0.114. The van der Waals surface area contributed by atoms with Gasteiger partial charge in [0.2, 0.25) is 10.6 Å². The van der Waals surface area contributed by atoms with E-state index in [0.29, 0.717) is 5.82 Å². The Hall–Kier alpha value is 0.910. The van der Waals surface area contributed by atoms with Gasteiger partial charge in [0.15, 0.2) is 5.82 Å². The highest BCUT2D eigenvalue weighted by Crippen LogP contribution is 2.62. The third kappa shape index (κ3) is 3.93. The summed E-state index contributed by atoms with van der Waals surface area (Å²) >= 11 is 22.3. The lowest BCUT2D eigenvalue weighted by molar-refractivity contribution is 1.03. The molecule has 0 spiro atoms. The number of hydrogen-bond acceptors (Lipinski definition) is 9. The molecule has 0 N–H and O–H groups in total. The van der Waals surface area contributed by atoms with E-state index >= 15 is 0 Å². The molecule has 0 amide bonds. The van der Waals surface area contributed by atoms with Crippen LogP contribution < -0.4 is 0 Å². The average Bonchev–Trinajstić information content (AvgIpc) is 3.12. The molecule has 1 aromatic heterocycles. The zero-order chi connectivity index (χ0) is 15.7. The lowest BCUT2D eigenvalue weighted by Crippen LogP contribution is -1.95. The first-order valence-electron chi connectivity index (χ1n) is 5.65. The maximum absolute atomic E-state index is 5.85. The zero-order valence-electron chi connectivity index (χ0n) is 11.1. The maximum atomic E-state index is 5.85. The summed E-state index contributed by atoms with van der Waals surface area (Å²) in [5.41, 5.74) is 0. The number of aromatic nitrogens is 3. The maximum Gasteiger partial charge on any atom is 0.227 e. The summed E-state index contributed by atoms with van der Waals surface area (Å²) in [7, 11) is 0. The van der Waals surface area contributed by atoms with E-state index in [1.807, 2.05) is 28.9 Å². The molecule has 3 nitrogen and oxygen atoms in total. The van der Waals surface area contributed by atoms with Gasteiger partial charge >= 0.3 is 0 Å². The Morgan fingerprint density at radius 1 is 0.864 bits per heavy atom. The van der Waals surface area contributed by atoms with Crippen molar-refractivity contribution in [2.45, 2.75) is 0 Å². The van der Waals surface area contributed by atoms with Crippen LogP contribution in [0.2, 0.25) is 10.6 Å². The van der Waals surface area contributed by atoms with E-state index in [1.54, 1.807) is 47.0 Å². The first kappa shape index (κ1) is 17.7. The van der Waals surface area contributed by atoms with Gasteiger partial charge in [0.25, 0.3) is 0 Å². The number of nitrogens with zero attached hydrogens (tertiary/aromatic N) is 3. The van der Waals surface area contributed by atoms with Gasteiger partial charge in [0, 0.05) is 0 Å². The normalized spacial score (nSPS) is 18.5. The first-order valence-corrected chi connectivity index (χ1v) is 12.2. The summed E-state index contributed by atoms with van der Waals surface area (Å²) in [6.07, 6.45) is 4.22. The molecule has 0 atom stereocenters. The van der Waals surface area contributed by atoms with E-state index in [4.69, 9.17) is 23.2 Å². The second kappa shape index (κ2) is 7.86. The molecule has 1 aromatic rings. The van der Waals surface area contributed by atoms with Crippen LogP contribution in [0.1, 0.15) is 5.82 Å². The van der Waals surface area contributed by atoms with Crippen LogP contribution in [0, 0.1) is 0 Å². The molecule has 2 aliphatic heterocycles. The Morgan fingerprint density at radius 2 is 1.45 bits per heavy atom. The van der Waals surface area contributed by atoms with Crippen molar-refractivity contribution in [1.29, 1.82) is 0 Å². The van der Waals surface area contributed by atoms with Crippen LogP contribution in [0.15, 0.2) is 22.4 Å². The quantitative estimate of drug-likeness (QED) is 0.525. The van der Waals surface area contributed by atoms with Crippen LogP contribution in [-0.2, 0) is 0 Å². The Bertz CT molecular complexity index is 680. The largest absolute Gasteiger partial charge is 0.227 e. The standard InChI is InChI=1S/C11H7Cl2N3S6/c1-17-6-7(18-2)22-9(21-6)8-19-3-4(20-8)5-14-10(12)16-11(13)15-5/h3H,1-2H3. The monoisotopic (exact) mass is 443 g/mol. The lowest BCUT2D eigenvalue weighted by Gasteiger charge is -2.03. The molecule has 11 heteroatoms. The summed E-state index contributed by atoms with van der Waals surface area (Å²) in [6, 6.07) is 0. The zero-order valence-corrected chi connectivity index (χ0v) is 17.5. The van der Waals surface area contributed by atoms with Gasteiger partial charge in [-0.3, -0.25) is 0 Å². The molecule has 0 aromatic carbocycles. The van der Waals surface area contributed by atoms with Crippen LogP contribution in [0.5, 0.6) is 0 Å². The van der Waals surface area contributed by atoms with Gasteiger partial charge < -0.3 is 0 Å². The minimum atomic E-state index is 0.114. The van der Waals surface area contributed by atoms with Crippen LogP contribution >= 0.6 is 93.8 Å². The highest BCUT2D eigenvalue weighted by molar-refractivity contribution is 8.42. The molecule has 0 bridgehead atoms. The molecule has 0 fully saturated rings. The van der Waals surface area contributed by atoms with E-state index in [-0.39, 0.29) is 10.6 Å². The fraction of sp³-hybridized carbons (Fsp3) is 0.182. The van der Waals surface area contributed by atoms with Crippen molar-refractivity contribution in [2.75, 3.05) is 12.5 Å². The third-order valence-corrected chi connectivity index (χ3v) is 10.8. The van der Waals surface area contributed by atoms with Gasteiger partial charge in [-0.25, -0.2) is 0 Å². The summed E-state index contributed by atoms with van der Waals surface area (Å²) in [4.78, 5) is 13.0. The number of halogens is 2. The fourth-order valence-corrected chi connectivity index (χ4v) is 9.36. The molecule has 0 aliphatic carbocycles. The van der Waals surface area contributed by atoms with Crippen LogP contribution in [0.4, 0.5) is 0 Å². The Morgan fingerprint density at radius 3 is 2.00 bits per heavy atom. The van der Waals surface area contributed by atoms with Crippen molar-refractivity contribution in [3.05, 3.63) is 38.7 Å². The van der Waals surface area contributed by atoms with E-state index in [9.17, 15) is 0 Å². The molecular formula is C11H7Cl2N3S6. The number of hydrogen-bond donors (Lipinski definition) is 0. The van der Waals surface area contributed by atoms with Crippen molar-refractivity contribution in [3.8, 4) is 0 Å². The average molecular weight is 445 g/mol. The smallest absolute Gasteiger partial charge is 0.197 e. The number of thioether (sulfide) groups is 6. The van der Waals surface area contributed by atoms with Gasteiger partial charge in [-0.2, -0.15) is 15.0 Å². The molecule has 0 saturated carbocycles. The number of rotatable bonds is 3. The molecule has 0 radical (unpaired) electrons. The molecule has 0 unspecified atom stereocenters. The highest BCUT2D eigenvalue weighted by Gasteiger charge is 2.27. The molecule has 3 rings (SSSR count). The topological polar surface area (TPSA) is 38.7 Å². The SMILES string of the molecule is CSC1=C(SC)SC(=C2SC=C(c3nc(Cl)nc(Cl)n3)S2)S1. The molecule has 2 aliphatic rings. The molecule has 116 valence electrons. The second-order valence-corrected chi connectivity index (χ2v) is 11.0. The fourth-order valence-electron chi connectivity index (χ4n) is 1.49. The van der Waals surface area contributed by atoms with Crippen LogP contribution in [0.3, 0.4) is 0 Å². The summed E-state index contributed by atoms with van der Waals surface area (Å²) < 4.78 is 5.27. The predicted octanol–water partition coefficient (Wildman–Crippen LogP) is 6.42. The third-order valence-electron chi connectivity index (χ3n) is 2.35. The van der Waals surface area contributed by atoms with Crippen molar-refractivity contribution in [3.63, 3.8) is 0 Å². The van der Waals surface area contributed by atoms with Gasteiger partial charge in [0.05, 0.1) is 21.9 Å². The van der Waals surface area contributed by atoms with Crippen LogP contribution in [-0.4, -0.2) is 27.5 Å². The van der Waals surface area contributed by atoms with Crippen molar-refractivity contribution in [2.24, 2.45) is 0 Å². The Kier molecular flexibility index (Phi) is 6.33. The van der Waals surface area contributed by atoms with E-state index in [0.717, 1.165) is 4.91 Å². The lowest BCUT2D eigenvalue weighted by atomic mass is 10.6. The summed E-state index contributed by atoms with van der Waals surface area (Å²) in [6.45, 7) is 0. The van der Waals surface area contributed by atoms with Gasteiger partial charge in [-0.1, -0.05) is 47.0 Å². The first-order chi connectivity index (χ1) is 10.6. The Balaban J connectivity index is 1.79. The summed E-state index contributed by atoms with van der Waals surface area (Å²) in [5, 5.41) is 2.26. The van der Waals surface area contributed by atoms with E-state index in [2.05, 4.69) is 27.5 Å². The van der Waals surface area contributed by atoms with E-state index < -0.39 is 0 Å².